The third-order valence-electron chi connectivity index (χ3n) is 3.55. The molecule has 2 aromatic rings. The van der Waals surface area contributed by atoms with Crippen LogP contribution in [-0.2, 0) is 6.42 Å². The molecule has 0 bridgehead atoms. The monoisotopic (exact) mass is 257 g/mol. The van der Waals surface area contributed by atoms with Gasteiger partial charge in [0, 0.05) is 12.5 Å². The largest absolute Gasteiger partial charge is 0.342 e. The van der Waals surface area contributed by atoms with Crippen LogP contribution in [0.2, 0.25) is 0 Å². The van der Waals surface area contributed by atoms with E-state index < -0.39 is 0 Å². The Labute approximate surface area is 115 Å². The average molecular weight is 257 g/mol. The second-order valence-electron chi connectivity index (χ2n) is 5.36. The Bertz CT molecular complexity index is 511. The Morgan fingerprint density at radius 1 is 1.21 bits per heavy atom. The molecule has 19 heavy (non-hydrogen) atoms. The van der Waals surface area contributed by atoms with Gasteiger partial charge in [0.25, 0.3) is 0 Å². The molecule has 0 radical (unpaired) electrons. The number of imidazole rings is 1. The lowest BCUT2D eigenvalue weighted by Crippen LogP contribution is -2.18. The van der Waals surface area contributed by atoms with Crippen molar-refractivity contribution >= 4 is 0 Å². The van der Waals surface area contributed by atoms with Crippen LogP contribution in [0, 0.1) is 0 Å². The number of aromatic amines is 1. The minimum Gasteiger partial charge on any atom is -0.342 e. The van der Waals surface area contributed by atoms with Gasteiger partial charge < -0.3 is 10.7 Å². The number of hydrogen-bond acceptors (Lipinski definition) is 2. The maximum atomic E-state index is 5.78. The lowest BCUT2D eigenvalue weighted by atomic mass is 9.97. The van der Waals surface area contributed by atoms with Crippen LogP contribution in [0.5, 0.6) is 0 Å². The fraction of sp³-hybridized carbons (Fsp3) is 0.438. The Morgan fingerprint density at radius 2 is 1.89 bits per heavy atom. The molecule has 0 aliphatic heterocycles. The lowest BCUT2D eigenvalue weighted by Gasteiger charge is -2.09. The molecule has 0 fully saturated rings. The highest BCUT2D eigenvalue weighted by Crippen LogP contribution is 2.23. The van der Waals surface area contributed by atoms with E-state index in [-0.39, 0.29) is 6.04 Å². The zero-order valence-corrected chi connectivity index (χ0v) is 12.0. The molecular weight excluding hydrogens is 234 g/mol. The van der Waals surface area contributed by atoms with Gasteiger partial charge in [-0.2, -0.15) is 0 Å². The maximum absolute atomic E-state index is 5.78. The summed E-state index contributed by atoms with van der Waals surface area (Å²) in [7, 11) is 0. The second-order valence-corrected chi connectivity index (χ2v) is 5.36. The van der Waals surface area contributed by atoms with Crippen molar-refractivity contribution < 1.29 is 0 Å². The van der Waals surface area contributed by atoms with E-state index in [2.05, 4.69) is 48.1 Å². The van der Waals surface area contributed by atoms with Gasteiger partial charge >= 0.3 is 0 Å². The molecule has 2 unspecified atom stereocenters. The van der Waals surface area contributed by atoms with E-state index in [0.29, 0.717) is 5.92 Å². The summed E-state index contributed by atoms with van der Waals surface area (Å²) >= 11 is 0. The van der Waals surface area contributed by atoms with E-state index >= 15 is 0 Å². The first-order chi connectivity index (χ1) is 9.10. The van der Waals surface area contributed by atoms with Crippen LogP contribution in [0.3, 0.4) is 0 Å². The van der Waals surface area contributed by atoms with Gasteiger partial charge in [0.05, 0.1) is 11.9 Å². The first kappa shape index (κ1) is 13.8. The van der Waals surface area contributed by atoms with E-state index in [9.17, 15) is 0 Å². The van der Waals surface area contributed by atoms with Crippen molar-refractivity contribution in [3.05, 3.63) is 41.9 Å². The molecule has 0 saturated heterocycles. The van der Waals surface area contributed by atoms with Crippen LogP contribution >= 0.6 is 0 Å². The minimum atomic E-state index is 0.131. The molecule has 3 N–H and O–H groups in total. The number of H-pyrrole nitrogens is 1. The number of benzene rings is 1. The standard InChI is InChI=1S/C16H23N3/c1-4-11(2)13-5-7-14(8-6-13)15-10-18-16(19-15)9-12(3)17/h5-8,10-12H,4,9,17H2,1-3H3,(H,18,19). The topological polar surface area (TPSA) is 54.7 Å². The normalized spacial score (nSPS) is 14.3. The fourth-order valence-electron chi connectivity index (χ4n) is 2.14. The van der Waals surface area contributed by atoms with Gasteiger partial charge in [-0.25, -0.2) is 4.98 Å². The predicted octanol–water partition coefficient (Wildman–Crippen LogP) is 3.48. The Kier molecular flexibility index (Phi) is 4.38. The Morgan fingerprint density at radius 3 is 2.47 bits per heavy atom. The molecule has 3 heteroatoms. The van der Waals surface area contributed by atoms with Gasteiger partial charge in [-0.05, 0) is 30.4 Å². The summed E-state index contributed by atoms with van der Waals surface area (Å²) in [4.78, 5) is 7.70. The number of nitrogens with one attached hydrogen (secondary N) is 1. The summed E-state index contributed by atoms with van der Waals surface area (Å²) in [5.74, 6) is 1.57. The molecular formula is C16H23N3. The molecule has 0 saturated carbocycles. The Hall–Kier alpha value is -1.61. The molecule has 2 rings (SSSR count). The summed E-state index contributed by atoms with van der Waals surface area (Å²) in [5, 5.41) is 0. The molecule has 3 nitrogen and oxygen atoms in total. The lowest BCUT2D eigenvalue weighted by molar-refractivity contribution is 0.710. The van der Waals surface area contributed by atoms with Crippen molar-refractivity contribution in [2.75, 3.05) is 0 Å². The predicted molar refractivity (Wildman–Crippen MR) is 80.1 cm³/mol. The first-order valence-electron chi connectivity index (χ1n) is 7.00. The van der Waals surface area contributed by atoms with Crippen LogP contribution < -0.4 is 5.73 Å². The molecule has 0 amide bonds. The van der Waals surface area contributed by atoms with Crippen molar-refractivity contribution in [3.63, 3.8) is 0 Å². The first-order valence-corrected chi connectivity index (χ1v) is 7.00. The third kappa shape index (κ3) is 3.44. The average Bonchev–Trinajstić information content (AvgIpc) is 2.85. The smallest absolute Gasteiger partial charge is 0.108 e. The van der Waals surface area contributed by atoms with Crippen molar-refractivity contribution in [2.45, 2.75) is 45.6 Å². The van der Waals surface area contributed by atoms with Crippen LogP contribution in [0.15, 0.2) is 30.5 Å². The van der Waals surface area contributed by atoms with E-state index in [4.69, 9.17) is 5.73 Å². The van der Waals surface area contributed by atoms with Gasteiger partial charge in [-0.15, -0.1) is 0 Å². The zero-order chi connectivity index (χ0) is 13.8. The number of nitrogens with two attached hydrogens (primary N) is 1. The van der Waals surface area contributed by atoms with Crippen LogP contribution in [-0.4, -0.2) is 16.0 Å². The molecule has 1 heterocycles. The Balaban J connectivity index is 2.15. The number of hydrogen-bond donors (Lipinski definition) is 2. The molecule has 102 valence electrons. The van der Waals surface area contributed by atoms with Crippen LogP contribution in [0.25, 0.3) is 11.3 Å². The highest BCUT2D eigenvalue weighted by molar-refractivity contribution is 5.59. The van der Waals surface area contributed by atoms with Crippen molar-refractivity contribution in [3.8, 4) is 11.3 Å². The quantitative estimate of drug-likeness (QED) is 0.861. The summed E-state index contributed by atoms with van der Waals surface area (Å²) < 4.78 is 0. The van der Waals surface area contributed by atoms with Gasteiger partial charge in [-0.3, -0.25) is 0 Å². The van der Waals surface area contributed by atoms with E-state index in [1.807, 2.05) is 13.1 Å². The summed E-state index contributed by atoms with van der Waals surface area (Å²) in [5.41, 5.74) is 9.41. The highest BCUT2D eigenvalue weighted by atomic mass is 14.9. The number of aromatic nitrogens is 2. The third-order valence-corrected chi connectivity index (χ3v) is 3.55. The van der Waals surface area contributed by atoms with Crippen LogP contribution in [0.4, 0.5) is 0 Å². The van der Waals surface area contributed by atoms with E-state index in [1.54, 1.807) is 0 Å². The molecule has 1 aromatic heterocycles. The van der Waals surface area contributed by atoms with E-state index in [0.717, 1.165) is 17.9 Å². The summed E-state index contributed by atoms with van der Waals surface area (Å²) in [6.45, 7) is 6.46. The van der Waals surface area contributed by atoms with Gasteiger partial charge in [-0.1, -0.05) is 38.1 Å². The maximum Gasteiger partial charge on any atom is 0.108 e. The molecule has 1 aromatic carbocycles. The van der Waals surface area contributed by atoms with Crippen molar-refractivity contribution in [1.29, 1.82) is 0 Å². The van der Waals surface area contributed by atoms with Gasteiger partial charge in [0.1, 0.15) is 5.82 Å². The second kappa shape index (κ2) is 6.02. The summed E-state index contributed by atoms with van der Waals surface area (Å²) in [6, 6.07) is 8.85. The number of rotatable bonds is 5. The van der Waals surface area contributed by atoms with E-state index in [1.165, 1.54) is 17.5 Å². The van der Waals surface area contributed by atoms with Crippen LogP contribution in [0.1, 0.15) is 44.5 Å². The van der Waals surface area contributed by atoms with Gasteiger partial charge in [0.15, 0.2) is 0 Å². The minimum absolute atomic E-state index is 0.131. The highest BCUT2D eigenvalue weighted by Gasteiger charge is 2.07. The van der Waals surface area contributed by atoms with Crippen molar-refractivity contribution in [1.82, 2.24) is 9.97 Å². The molecule has 0 aliphatic rings. The molecule has 2 atom stereocenters. The van der Waals surface area contributed by atoms with Crippen molar-refractivity contribution in [2.24, 2.45) is 5.73 Å². The zero-order valence-electron chi connectivity index (χ0n) is 12.0. The molecule has 0 spiro atoms. The van der Waals surface area contributed by atoms with Gasteiger partial charge in [0.2, 0.25) is 0 Å². The fourth-order valence-corrected chi connectivity index (χ4v) is 2.14. The molecule has 0 aliphatic carbocycles. The number of nitrogens with zero attached hydrogens (tertiary/aromatic N) is 1. The summed E-state index contributed by atoms with van der Waals surface area (Å²) in [6.07, 6.45) is 3.84. The SMILES string of the molecule is CCC(C)c1ccc(-c2cnc(CC(C)N)[nH]2)cc1.